The number of para-hydroxylation sites is 4. The molecule has 182 valence electrons. The van der Waals surface area contributed by atoms with Crippen molar-refractivity contribution in [2.45, 2.75) is 0 Å². The third-order valence-corrected chi connectivity index (χ3v) is 6.64. The van der Waals surface area contributed by atoms with Gasteiger partial charge < -0.3 is 19.5 Å². The lowest BCUT2D eigenvalue weighted by atomic mass is 10.0. The van der Waals surface area contributed by atoms with Crippen LogP contribution in [-0.4, -0.2) is 0 Å². The molecule has 0 unspecified atom stereocenters. The molecule has 0 atom stereocenters. The van der Waals surface area contributed by atoms with E-state index >= 15 is 0 Å². The zero-order chi connectivity index (χ0) is 25.6. The lowest BCUT2D eigenvalue weighted by molar-refractivity contribution is 0.654. The predicted octanol–water partition coefficient (Wildman–Crippen LogP) is 7.69. The molecular formula is C32H20N2O4. The van der Waals surface area contributed by atoms with E-state index in [1.807, 2.05) is 72.8 Å². The minimum absolute atomic E-state index is 0.228. The lowest BCUT2D eigenvalue weighted by Crippen LogP contribution is -2.12. The maximum Gasteiger partial charge on any atom is 0.202 e. The second kappa shape index (κ2) is 8.64. The van der Waals surface area contributed by atoms with E-state index in [-0.39, 0.29) is 32.8 Å². The first-order valence-electron chi connectivity index (χ1n) is 12.2. The van der Waals surface area contributed by atoms with E-state index < -0.39 is 0 Å². The molecule has 0 amide bonds. The number of rotatable bonds is 4. The summed E-state index contributed by atoms with van der Waals surface area (Å²) in [6.07, 6.45) is 0. The van der Waals surface area contributed by atoms with Crippen LogP contribution in [0.5, 0.6) is 0 Å². The molecule has 6 heteroatoms. The Morgan fingerprint density at radius 2 is 0.816 bits per heavy atom. The van der Waals surface area contributed by atoms with Gasteiger partial charge in [-0.3, -0.25) is 9.59 Å². The van der Waals surface area contributed by atoms with Crippen molar-refractivity contribution in [2.24, 2.45) is 0 Å². The summed E-state index contributed by atoms with van der Waals surface area (Å²) < 4.78 is 12.8. The monoisotopic (exact) mass is 496 g/mol. The third kappa shape index (κ3) is 3.43. The van der Waals surface area contributed by atoms with Gasteiger partial charge in [-0.2, -0.15) is 0 Å². The molecule has 2 heterocycles. The number of benzene rings is 5. The molecule has 0 aliphatic rings. The SMILES string of the molecule is O=c1c2ccccc2oc2c(Nc3ccccc3)c3c(=O)c4ccccc4oc3c(Nc3ccccc3)c12. The minimum Gasteiger partial charge on any atom is -0.454 e. The topological polar surface area (TPSA) is 84.5 Å². The van der Waals surface area contributed by atoms with E-state index in [9.17, 15) is 9.59 Å². The second-order valence-corrected chi connectivity index (χ2v) is 8.99. The Morgan fingerprint density at radius 1 is 0.447 bits per heavy atom. The van der Waals surface area contributed by atoms with E-state index in [4.69, 9.17) is 8.83 Å². The number of fused-ring (bicyclic) bond motifs is 4. The first kappa shape index (κ1) is 21.9. The highest BCUT2D eigenvalue weighted by molar-refractivity contribution is 6.19. The molecule has 0 bridgehead atoms. The number of nitrogens with one attached hydrogen (secondary N) is 2. The van der Waals surface area contributed by atoms with Gasteiger partial charge in [0, 0.05) is 11.4 Å². The molecule has 0 saturated carbocycles. The molecule has 0 saturated heterocycles. The van der Waals surface area contributed by atoms with Crippen molar-refractivity contribution in [1.82, 2.24) is 0 Å². The third-order valence-electron chi connectivity index (χ3n) is 6.64. The molecule has 0 aliphatic heterocycles. The summed E-state index contributed by atoms with van der Waals surface area (Å²) in [5.74, 6) is 0. The van der Waals surface area contributed by atoms with Gasteiger partial charge in [0.25, 0.3) is 0 Å². The Morgan fingerprint density at radius 3 is 1.24 bits per heavy atom. The van der Waals surface area contributed by atoms with Gasteiger partial charge in [0.2, 0.25) is 10.9 Å². The van der Waals surface area contributed by atoms with Crippen LogP contribution >= 0.6 is 0 Å². The molecule has 5 aromatic carbocycles. The number of hydrogen-bond acceptors (Lipinski definition) is 6. The molecule has 2 N–H and O–H groups in total. The van der Waals surface area contributed by atoms with E-state index in [0.29, 0.717) is 33.3 Å². The molecule has 7 aromatic rings. The Kier molecular flexibility index (Phi) is 4.97. The van der Waals surface area contributed by atoms with E-state index in [0.717, 1.165) is 11.4 Å². The average Bonchev–Trinajstić information content (AvgIpc) is 2.96. The number of anilines is 4. The van der Waals surface area contributed by atoms with Gasteiger partial charge in [-0.05, 0) is 48.5 Å². The van der Waals surface area contributed by atoms with Crippen molar-refractivity contribution < 1.29 is 8.83 Å². The first-order chi connectivity index (χ1) is 18.7. The molecule has 0 radical (unpaired) electrons. The van der Waals surface area contributed by atoms with Crippen molar-refractivity contribution in [3.8, 4) is 0 Å². The van der Waals surface area contributed by atoms with Gasteiger partial charge in [0.15, 0.2) is 11.2 Å². The normalized spacial score (nSPS) is 11.4. The Bertz CT molecular complexity index is 1960. The zero-order valence-corrected chi connectivity index (χ0v) is 20.0. The fraction of sp³-hybridized carbons (Fsp3) is 0. The van der Waals surface area contributed by atoms with Crippen molar-refractivity contribution >= 4 is 66.6 Å². The van der Waals surface area contributed by atoms with Crippen LogP contribution in [0.2, 0.25) is 0 Å². The zero-order valence-electron chi connectivity index (χ0n) is 20.0. The van der Waals surface area contributed by atoms with Crippen molar-refractivity contribution in [1.29, 1.82) is 0 Å². The van der Waals surface area contributed by atoms with Crippen LogP contribution < -0.4 is 21.5 Å². The van der Waals surface area contributed by atoms with Gasteiger partial charge >= 0.3 is 0 Å². The first-order valence-corrected chi connectivity index (χ1v) is 12.2. The Labute approximate surface area is 215 Å². The highest BCUT2D eigenvalue weighted by Gasteiger charge is 2.25. The maximum absolute atomic E-state index is 14.0. The molecule has 0 fully saturated rings. The summed E-state index contributed by atoms with van der Waals surface area (Å²) in [5, 5.41) is 8.16. The van der Waals surface area contributed by atoms with E-state index in [1.165, 1.54) is 0 Å². The summed E-state index contributed by atoms with van der Waals surface area (Å²) in [6, 6.07) is 33.1. The molecule has 0 spiro atoms. The largest absolute Gasteiger partial charge is 0.454 e. The second-order valence-electron chi connectivity index (χ2n) is 8.99. The van der Waals surface area contributed by atoms with Crippen molar-refractivity contribution in [3.63, 3.8) is 0 Å². The van der Waals surface area contributed by atoms with Gasteiger partial charge in [-0.15, -0.1) is 0 Å². The van der Waals surface area contributed by atoms with E-state index in [2.05, 4.69) is 10.6 Å². The van der Waals surface area contributed by atoms with Crippen LogP contribution in [0.3, 0.4) is 0 Å². The summed E-state index contributed by atoms with van der Waals surface area (Å²) in [6.45, 7) is 0. The molecule has 7 rings (SSSR count). The van der Waals surface area contributed by atoms with Gasteiger partial charge in [0.05, 0.1) is 32.9 Å². The highest BCUT2D eigenvalue weighted by Crippen LogP contribution is 2.42. The average molecular weight is 497 g/mol. The summed E-state index contributed by atoms with van der Waals surface area (Å²) in [5.41, 5.74) is 3.17. The fourth-order valence-corrected chi connectivity index (χ4v) is 4.89. The van der Waals surface area contributed by atoms with Gasteiger partial charge in [0.1, 0.15) is 11.2 Å². The lowest BCUT2D eigenvalue weighted by Gasteiger charge is -2.18. The Hall–Kier alpha value is -5.36. The van der Waals surface area contributed by atoms with Crippen LogP contribution in [0.25, 0.3) is 43.9 Å². The van der Waals surface area contributed by atoms with Crippen LogP contribution in [0, 0.1) is 0 Å². The van der Waals surface area contributed by atoms with E-state index in [1.54, 1.807) is 36.4 Å². The maximum atomic E-state index is 14.0. The molecule has 38 heavy (non-hydrogen) atoms. The fourth-order valence-electron chi connectivity index (χ4n) is 4.89. The molecule has 0 aliphatic carbocycles. The van der Waals surface area contributed by atoms with Crippen LogP contribution in [0.15, 0.2) is 128 Å². The Balaban J connectivity index is 1.72. The standard InChI is InChI=1S/C32H20N2O4/c35-29-21-15-7-10-18-24(21)38-32-25(29)27(33-19-11-3-1-4-12-19)31-26(28(32)34-20-13-5-2-6-14-20)30(36)22-16-8-9-17-23(22)37-31/h1-18,33-34H. The van der Waals surface area contributed by atoms with Crippen LogP contribution in [0.4, 0.5) is 22.7 Å². The van der Waals surface area contributed by atoms with Crippen LogP contribution in [-0.2, 0) is 0 Å². The summed E-state index contributed by atoms with van der Waals surface area (Å²) in [4.78, 5) is 28.1. The van der Waals surface area contributed by atoms with Crippen molar-refractivity contribution in [2.75, 3.05) is 10.6 Å². The summed E-state index contributed by atoms with van der Waals surface area (Å²) >= 11 is 0. The molecular weight excluding hydrogens is 476 g/mol. The quantitative estimate of drug-likeness (QED) is 0.192. The predicted molar refractivity (Wildman–Crippen MR) is 153 cm³/mol. The minimum atomic E-state index is -0.228. The van der Waals surface area contributed by atoms with Crippen molar-refractivity contribution in [3.05, 3.63) is 130 Å². The molecule has 2 aromatic heterocycles. The van der Waals surface area contributed by atoms with Gasteiger partial charge in [-0.25, -0.2) is 0 Å². The highest BCUT2D eigenvalue weighted by atomic mass is 16.3. The van der Waals surface area contributed by atoms with Gasteiger partial charge in [-0.1, -0.05) is 60.7 Å². The van der Waals surface area contributed by atoms with Crippen LogP contribution in [0.1, 0.15) is 0 Å². The smallest absolute Gasteiger partial charge is 0.202 e. The molecule has 6 nitrogen and oxygen atoms in total. The summed E-state index contributed by atoms with van der Waals surface area (Å²) in [7, 11) is 0. The number of hydrogen-bond donors (Lipinski definition) is 2.